The molecule has 0 aromatic heterocycles. The maximum absolute atomic E-state index is 11.7. The summed E-state index contributed by atoms with van der Waals surface area (Å²) in [6.45, 7) is 3.89. The third-order valence-corrected chi connectivity index (χ3v) is 7.34. The summed E-state index contributed by atoms with van der Waals surface area (Å²) in [6.07, 6.45) is 1.20. The molecule has 17 heavy (non-hydrogen) atoms. The molecule has 0 aromatic rings. The molecule has 0 aromatic carbocycles. The van der Waals surface area contributed by atoms with Crippen molar-refractivity contribution in [2.75, 3.05) is 23.8 Å². The Kier molecular flexibility index (Phi) is 4.97. The third-order valence-electron chi connectivity index (χ3n) is 3.24. The van der Waals surface area contributed by atoms with Gasteiger partial charge in [0.05, 0.1) is 22.5 Å². The van der Waals surface area contributed by atoms with Crippen LogP contribution in [0, 0.1) is 0 Å². The van der Waals surface area contributed by atoms with Gasteiger partial charge in [0.15, 0.2) is 19.7 Å². The van der Waals surface area contributed by atoms with Gasteiger partial charge in [0.2, 0.25) is 0 Å². The van der Waals surface area contributed by atoms with E-state index in [0.29, 0.717) is 19.4 Å². The zero-order valence-corrected chi connectivity index (χ0v) is 12.0. The highest BCUT2D eigenvalue weighted by molar-refractivity contribution is 7.92. The minimum Gasteiger partial charge on any atom is -0.312 e. The fraction of sp³-hybridized carbons (Fsp3) is 1.00. The van der Waals surface area contributed by atoms with Crippen LogP contribution in [0.5, 0.6) is 0 Å². The molecular formula is C10H21NO4S2. The van der Waals surface area contributed by atoms with Gasteiger partial charge in [0.25, 0.3) is 0 Å². The van der Waals surface area contributed by atoms with Gasteiger partial charge in [0.1, 0.15) is 0 Å². The van der Waals surface area contributed by atoms with E-state index < -0.39 is 19.7 Å². The predicted molar refractivity (Wildman–Crippen MR) is 68.6 cm³/mol. The summed E-state index contributed by atoms with van der Waals surface area (Å²) >= 11 is 0. The molecular weight excluding hydrogens is 262 g/mol. The number of hydrogen-bond donors (Lipinski definition) is 1. The van der Waals surface area contributed by atoms with Crippen LogP contribution >= 0.6 is 0 Å². The first-order chi connectivity index (χ1) is 7.77. The van der Waals surface area contributed by atoms with Crippen molar-refractivity contribution in [1.29, 1.82) is 0 Å². The van der Waals surface area contributed by atoms with E-state index in [-0.39, 0.29) is 28.6 Å². The number of hydrogen-bond acceptors (Lipinski definition) is 5. The summed E-state index contributed by atoms with van der Waals surface area (Å²) in [5.41, 5.74) is 0. The predicted octanol–water partition coefficient (Wildman–Crippen LogP) is -0.0236. The molecule has 1 heterocycles. The Labute approximate surface area is 104 Å². The van der Waals surface area contributed by atoms with Crippen molar-refractivity contribution in [1.82, 2.24) is 5.32 Å². The fourth-order valence-electron chi connectivity index (χ4n) is 1.82. The van der Waals surface area contributed by atoms with E-state index >= 15 is 0 Å². The molecule has 1 aliphatic rings. The first-order valence-electron chi connectivity index (χ1n) is 5.92. The van der Waals surface area contributed by atoms with Crippen LogP contribution in [-0.2, 0) is 19.7 Å². The lowest BCUT2D eigenvalue weighted by Crippen LogP contribution is -2.35. The molecule has 2 unspecified atom stereocenters. The van der Waals surface area contributed by atoms with E-state index in [0.717, 1.165) is 0 Å². The Bertz CT molecular complexity index is 441. The van der Waals surface area contributed by atoms with Crippen molar-refractivity contribution in [3.8, 4) is 0 Å². The van der Waals surface area contributed by atoms with E-state index in [9.17, 15) is 16.8 Å². The molecule has 0 saturated carbocycles. The highest BCUT2D eigenvalue weighted by Crippen LogP contribution is 2.11. The molecule has 1 rings (SSSR count). The average molecular weight is 283 g/mol. The summed E-state index contributed by atoms with van der Waals surface area (Å²) in [7, 11) is -5.94. The first-order valence-corrected chi connectivity index (χ1v) is 9.46. The molecule has 1 aliphatic heterocycles. The lowest BCUT2D eigenvalue weighted by molar-refractivity contribution is 0.554. The number of nitrogens with one attached hydrogen (secondary N) is 1. The molecule has 5 nitrogen and oxygen atoms in total. The Morgan fingerprint density at radius 2 is 2.06 bits per heavy atom. The van der Waals surface area contributed by atoms with E-state index in [1.54, 1.807) is 6.92 Å². The second-order valence-corrected chi connectivity index (χ2v) is 9.41. The highest BCUT2D eigenvalue weighted by Gasteiger charge is 2.28. The van der Waals surface area contributed by atoms with Gasteiger partial charge in [-0.1, -0.05) is 6.92 Å². The standard InChI is InChI=1S/C10H21NO4S2/c1-3-9(2)17(14,15)7-5-11-10-4-6-16(12,13)8-10/h9-11H,3-8H2,1-2H3. The zero-order valence-electron chi connectivity index (χ0n) is 10.3. The molecule has 0 spiro atoms. The van der Waals surface area contributed by atoms with Crippen molar-refractivity contribution >= 4 is 19.7 Å². The minimum atomic E-state index is -3.04. The van der Waals surface area contributed by atoms with Crippen molar-refractivity contribution in [3.05, 3.63) is 0 Å². The van der Waals surface area contributed by atoms with Gasteiger partial charge in [0, 0.05) is 12.6 Å². The zero-order chi connectivity index (χ0) is 13.1. The Morgan fingerprint density at radius 3 is 2.53 bits per heavy atom. The summed E-state index contributed by atoms with van der Waals surface area (Å²) in [5.74, 6) is 0.428. The summed E-state index contributed by atoms with van der Waals surface area (Å²) in [6, 6.07) is -0.0767. The smallest absolute Gasteiger partial charge is 0.154 e. The van der Waals surface area contributed by atoms with Crippen molar-refractivity contribution in [2.24, 2.45) is 0 Å². The van der Waals surface area contributed by atoms with Crippen molar-refractivity contribution in [2.45, 2.75) is 38.0 Å². The molecule has 1 saturated heterocycles. The molecule has 0 aliphatic carbocycles. The summed E-state index contributed by atoms with van der Waals surface area (Å²) < 4.78 is 45.8. The second kappa shape index (κ2) is 5.67. The molecule has 0 radical (unpaired) electrons. The molecule has 2 atom stereocenters. The van der Waals surface area contributed by atoms with Gasteiger partial charge in [-0.25, -0.2) is 16.8 Å². The maximum atomic E-state index is 11.7. The Hall–Kier alpha value is -0.140. The summed E-state index contributed by atoms with van der Waals surface area (Å²) in [4.78, 5) is 0. The SMILES string of the molecule is CCC(C)S(=O)(=O)CCNC1CCS(=O)(=O)C1. The molecule has 7 heteroatoms. The minimum absolute atomic E-state index is 0.0767. The Morgan fingerprint density at radius 1 is 1.41 bits per heavy atom. The lowest BCUT2D eigenvalue weighted by Gasteiger charge is -2.13. The summed E-state index contributed by atoms with van der Waals surface area (Å²) in [5, 5.41) is 2.69. The van der Waals surface area contributed by atoms with Gasteiger partial charge >= 0.3 is 0 Å². The number of rotatable bonds is 6. The monoisotopic (exact) mass is 283 g/mol. The topological polar surface area (TPSA) is 80.3 Å². The third kappa shape index (κ3) is 4.56. The van der Waals surface area contributed by atoms with Crippen LogP contribution in [0.15, 0.2) is 0 Å². The van der Waals surface area contributed by atoms with Gasteiger partial charge in [-0.15, -0.1) is 0 Å². The average Bonchev–Trinajstić information content (AvgIpc) is 2.56. The van der Waals surface area contributed by atoms with E-state index in [1.807, 2.05) is 6.92 Å². The van der Waals surface area contributed by atoms with Gasteiger partial charge < -0.3 is 5.32 Å². The largest absolute Gasteiger partial charge is 0.312 e. The normalized spacial score (nSPS) is 25.9. The van der Waals surface area contributed by atoms with Gasteiger partial charge in [-0.05, 0) is 19.8 Å². The van der Waals surface area contributed by atoms with Crippen LogP contribution in [0.4, 0.5) is 0 Å². The van der Waals surface area contributed by atoms with Crippen LogP contribution in [0.1, 0.15) is 26.7 Å². The van der Waals surface area contributed by atoms with E-state index in [1.165, 1.54) is 0 Å². The van der Waals surface area contributed by atoms with Crippen molar-refractivity contribution < 1.29 is 16.8 Å². The number of sulfone groups is 2. The highest BCUT2D eigenvalue weighted by atomic mass is 32.2. The van der Waals surface area contributed by atoms with Crippen LogP contribution in [0.2, 0.25) is 0 Å². The van der Waals surface area contributed by atoms with Crippen LogP contribution < -0.4 is 5.32 Å². The Balaban J connectivity index is 2.34. The second-order valence-electron chi connectivity index (χ2n) is 4.64. The fourth-order valence-corrected chi connectivity index (χ4v) is 4.84. The van der Waals surface area contributed by atoms with E-state index in [4.69, 9.17) is 0 Å². The van der Waals surface area contributed by atoms with Crippen LogP contribution in [-0.4, -0.2) is 51.9 Å². The first kappa shape index (κ1) is 14.9. The maximum Gasteiger partial charge on any atom is 0.154 e. The quantitative estimate of drug-likeness (QED) is 0.741. The van der Waals surface area contributed by atoms with E-state index in [2.05, 4.69) is 5.32 Å². The van der Waals surface area contributed by atoms with Crippen LogP contribution in [0.3, 0.4) is 0 Å². The van der Waals surface area contributed by atoms with Gasteiger partial charge in [-0.2, -0.15) is 0 Å². The lowest BCUT2D eigenvalue weighted by atomic mass is 10.3. The molecule has 0 bridgehead atoms. The molecule has 102 valence electrons. The molecule has 1 N–H and O–H groups in total. The van der Waals surface area contributed by atoms with Crippen molar-refractivity contribution in [3.63, 3.8) is 0 Å². The van der Waals surface area contributed by atoms with Crippen LogP contribution in [0.25, 0.3) is 0 Å². The molecule has 0 amide bonds. The van der Waals surface area contributed by atoms with Gasteiger partial charge in [-0.3, -0.25) is 0 Å². The molecule has 1 fully saturated rings.